The Hall–Kier alpha value is -2.18. The Balaban J connectivity index is 2.11. The van der Waals surface area contributed by atoms with Gasteiger partial charge >= 0.3 is 0 Å². The summed E-state index contributed by atoms with van der Waals surface area (Å²) < 4.78 is 3.03. The molecule has 2 aromatic heterocycles. The lowest BCUT2D eigenvalue weighted by Crippen LogP contribution is -2.43. The summed E-state index contributed by atoms with van der Waals surface area (Å²) in [5.41, 5.74) is 0.399. The Morgan fingerprint density at radius 2 is 2.04 bits per heavy atom. The van der Waals surface area contributed by atoms with Gasteiger partial charge in [0.25, 0.3) is 5.56 Å². The van der Waals surface area contributed by atoms with E-state index in [1.807, 2.05) is 14.0 Å². The molecule has 126 valence electrons. The Morgan fingerprint density at radius 1 is 1.39 bits per heavy atom. The first-order chi connectivity index (χ1) is 10.6. The molecule has 0 saturated heterocycles. The van der Waals surface area contributed by atoms with E-state index in [9.17, 15) is 9.59 Å². The zero-order chi connectivity index (χ0) is 17.4. The molecule has 0 saturated carbocycles. The zero-order valence-electron chi connectivity index (χ0n) is 14.7. The molecule has 2 rings (SSSR count). The van der Waals surface area contributed by atoms with Crippen LogP contribution < -0.4 is 5.56 Å². The minimum absolute atomic E-state index is 0.0113. The van der Waals surface area contributed by atoms with Gasteiger partial charge in [0, 0.05) is 33.1 Å². The normalized spacial score (nSPS) is 13.3. The second-order valence-corrected chi connectivity index (χ2v) is 7.05. The van der Waals surface area contributed by atoms with Crippen LogP contribution in [0.15, 0.2) is 17.3 Å². The highest BCUT2D eigenvalue weighted by Gasteiger charge is 2.26. The molecule has 0 fully saturated rings. The summed E-state index contributed by atoms with van der Waals surface area (Å²) >= 11 is 0. The maximum atomic E-state index is 12.4. The molecule has 0 spiro atoms. The average molecular weight is 319 g/mol. The summed E-state index contributed by atoms with van der Waals surface area (Å²) in [7, 11) is 3.55. The van der Waals surface area contributed by atoms with E-state index in [4.69, 9.17) is 0 Å². The number of rotatable bonds is 4. The van der Waals surface area contributed by atoms with Crippen LogP contribution in [0.2, 0.25) is 0 Å². The number of carbonyl (C=O) groups is 1. The molecule has 0 aliphatic carbocycles. The first kappa shape index (κ1) is 17.2. The predicted octanol–water partition coefficient (Wildman–Crippen LogP) is 1.41. The largest absolute Gasteiger partial charge is 0.342 e. The Morgan fingerprint density at radius 3 is 2.65 bits per heavy atom. The monoisotopic (exact) mass is 319 g/mol. The molecule has 0 unspecified atom stereocenters. The summed E-state index contributed by atoms with van der Waals surface area (Å²) in [5.74, 6) is 0.0191. The molecule has 0 aliphatic heterocycles. The van der Waals surface area contributed by atoms with Gasteiger partial charge in [-0.15, -0.1) is 0 Å². The fourth-order valence-electron chi connectivity index (χ4n) is 2.42. The molecule has 0 bridgehead atoms. The van der Waals surface area contributed by atoms with E-state index in [0.717, 1.165) is 0 Å². The van der Waals surface area contributed by atoms with E-state index in [2.05, 4.69) is 30.9 Å². The van der Waals surface area contributed by atoms with E-state index in [0.29, 0.717) is 17.6 Å². The first-order valence-corrected chi connectivity index (χ1v) is 7.75. The van der Waals surface area contributed by atoms with E-state index in [-0.39, 0.29) is 29.3 Å². The van der Waals surface area contributed by atoms with Gasteiger partial charge in [0.05, 0.1) is 12.5 Å². The standard InChI is InChI=1S/C16H25N5O2/c1-11(16(2,3)4)19(5)13(22)7-8-21-10-17-14-12(15(21)23)9-18-20(14)6/h9-11H,7-8H2,1-6H3/t11-/m1/s1. The van der Waals surface area contributed by atoms with E-state index in [1.165, 1.54) is 17.1 Å². The lowest BCUT2D eigenvalue weighted by atomic mass is 9.87. The van der Waals surface area contributed by atoms with Crippen LogP contribution in [-0.2, 0) is 18.4 Å². The van der Waals surface area contributed by atoms with Crippen LogP contribution in [0.4, 0.5) is 0 Å². The van der Waals surface area contributed by atoms with Gasteiger partial charge in [-0.2, -0.15) is 5.10 Å². The number of aromatic nitrogens is 4. The average Bonchev–Trinajstić information content (AvgIpc) is 2.86. The Labute approximate surface area is 135 Å². The zero-order valence-corrected chi connectivity index (χ0v) is 14.7. The maximum absolute atomic E-state index is 12.4. The third kappa shape index (κ3) is 3.43. The highest BCUT2D eigenvalue weighted by atomic mass is 16.2. The molecular weight excluding hydrogens is 294 g/mol. The van der Waals surface area contributed by atoms with Gasteiger partial charge in [-0.1, -0.05) is 20.8 Å². The van der Waals surface area contributed by atoms with Crippen molar-refractivity contribution in [2.24, 2.45) is 12.5 Å². The summed E-state index contributed by atoms with van der Waals surface area (Å²) in [6.45, 7) is 8.66. The number of nitrogens with zero attached hydrogens (tertiary/aromatic N) is 5. The molecule has 0 N–H and O–H groups in total. The van der Waals surface area contributed by atoms with Crippen molar-refractivity contribution in [1.82, 2.24) is 24.2 Å². The van der Waals surface area contributed by atoms with Crippen LogP contribution in [0, 0.1) is 5.41 Å². The molecule has 2 aromatic rings. The van der Waals surface area contributed by atoms with Crippen molar-refractivity contribution >= 4 is 16.9 Å². The molecule has 23 heavy (non-hydrogen) atoms. The fraction of sp³-hybridized carbons (Fsp3) is 0.625. The van der Waals surface area contributed by atoms with Gasteiger partial charge in [0.15, 0.2) is 5.65 Å². The summed E-state index contributed by atoms with van der Waals surface area (Å²) in [5, 5.41) is 4.51. The molecule has 0 radical (unpaired) electrons. The summed E-state index contributed by atoms with van der Waals surface area (Å²) in [6.07, 6.45) is 3.26. The van der Waals surface area contributed by atoms with Crippen LogP contribution >= 0.6 is 0 Å². The Bertz CT molecular complexity index is 769. The summed E-state index contributed by atoms with van der Waals surface area (Å²) in [4.78, 5) is 30.7. The quantitative estimate of drug-likeness (QED) is 0.854. The van der Waals surface area contributed by atoms with Crippen molar-refractivity contribution in [3.8, 4) is 0 Å². The molecule has 7 heteroatoms. The highest BCUT2D eigenvalue weighted by molar-refractivity contribution is 5.76. The first-order valence-electron chi connectivity index (χ1n) is 7.75. The van der Waals surface area contributed by atoms with Gasteiger partial charge in [0.1, 0.15) is 5.39 Å². The van der Waals surface area contributed by atoms with Crippen molar-refractivity contribution in [2.75, 3.05) is 7.05 Å². The van der Waals surface area contributed by atoms with Crippen LogP contribution in [-0.4, -0.2) is 43.2 Å². The molecule has 0 aromatic carbocycles. The minimum atomic E-state index is -0.164. The third-order valence-corrected chi connectivity index (χ3v) is 4.51. The van der Waals surface area contributed by atoms with Gasteiger partial charge in [-0.3, -0.25) is 18.8 Å². The van der Waals surface area contributed by atoms with E-state index in [1.54, 1.807) is 16.6 Å². The molecule has 7 nitrogen and oxygen atoms in total. The number of aryl methyl sites for hydroxylation is 2. The topological polar surface area (TPSA) is 73.0 Å². The number of hydrogen-bond acceptors (Lipinski definition) is 4. The maximum Gasteiger partial charge on any atom is 0.264 e. The molecule has 0 aliphatic rings. The molecule has 2 heterocycles. The highest BCUT2D eigenvalue weighted by Crippen LogP contribution is 2.23. The number of fused-ring (bicyclic) bond motifs is 1. The van der Waals surface area contributed by atoms with Crippen LogP contribution in [0.5, 0.6) is 0 Å². The van der Waals surface area contributed by atoms with Crippen molar-refractivity contribution in [3.63, 3.8) is 0 Å². The molecule has 1 amide bonds. The van der Waals surface area contributed by atoms with E-state index < -0.39 is 0 Å². The van der Waals surface area contributed by atoms with Gasteiger partial charge in [0.2, 0.25) is 5.91 Å². The van der Waals surface area contributed by atoms with Gasteiger partial charge in [-0.25, -0.2) is 4.98 Å². The second-order valence-electron chi connectivity index (χ2n) is 7.05. The predicted molar refractivity (Wildman–Crippen MR) is 89.1 cm³/mol. The van der Waals surface area contributed by atoms with Gasteiger partial charge in [-0.05, 0) is 12.3 Å². The summed E-state index contributed by atoms with van der Waals surface area (Å²) in [6, 6.07) is 0.116. The fourth-order valence-corrected chi connectivity index (χ4v) is 2.42. The van der Waals surface area contributed by atoms with Crippen molar-refractivity contribution in [3.05, 3.63) is 22.9 Å². The lowest BCUT2D eigenvalue weighted by Gasteiger charge is -2.35. The third-order valence-electron chi connectivity index (χ3n) is 4.51. The van der Waals surface area contributed by atoms with Crippen molar-refractivity contribution in [2.45, 2.75) is 46.7 Å². The van der Waals surface area contributed by atoms with Crippen molar-refractivity contribution < 1.29 is 4.79 Å². The number of hydrogen-bond donors (Lipinski definition) is 0. The minimum Gasteiger partial charge on any atom is -0.342 e. The van der Waals surface area contributed by atoms with Gasteiger partial charge < -0.3 is 4.90 Å². The SMILES string of the molecule is C[C@@H](N(C)C(=O)CCn1cnc2c(cnn2C)c1=O)C(C)(C)C. The second kappa shape index (κ2) is 6.14. The number of amides is 1. The van der Waals surface area contributed by atoms with Crippen LogP contribution in [0.3, 0.4) is 0 Å². The smallest absolute Gasteiger partial charge is 0.264 e. The molecule has 1 atom stereocenters. The lowest BCUT2D eigenvalue weighted by molar-refractivity contribution is -0.133. The van der Waals surface area contributed by atoms with Crippen molar-refractivity contribution in [1.29, 1.82) is 0 Å². The Kier molecular flexibility index (Phi) is 4.58. The molecular formula is C16H25N5O2. The van der Waals surface area contributed by atoms with E-state index >= 15 is 0 Å². The van der Waals surface area contributed by atoms with Crippen LogP contribution in [0.25, 0.3) is 11.0 Å². The number of carbonyl (C=O) groups excluding carboxylic acids is 1. The van der Waals surface area contributed by atoms with Crippen LogP contribution in [0.1, 0.15) is 34.1 Å².